The summed E-state index contributed by atoms with van der Waals surface area (Å²) in [5, 5.41) is 1.06. The Bertz CT molecular complexity index is 300. The quantitative estimate of drug-likeness (QED) is 0.786. The summed E-state index contributed by atoms with van der Waals surface area (Å²) in [5.41, 5.74) is 0. The van der Waals surface area contributed by atoms with Gasteiger partial charge in [0.1, 0.15) is 0 Å². The number of aromatic nitrogens is 1. The van der Waals surface area contributed by atoms with Crippen LogP contribution in [-0.2, 0) is 11.2 Å². The van der Waals surface area contributed by atoms with Crippen molar-refractivity contribution in [3.63, 3.8) is 0 Å². The van der Waals surface area contributed by atoms with Gasteiger partial charge in [0.05, 0.1) is 25.2 Å². The van der Waals surface area contributed by atoms with Crippen molar-refractivity contribution in [2.45, 2.75) is 13.3 Å². The molecule has 1 aromatic heterocycles. The predicted octanol–water partition coefficient (Wildman–Crippen LogP) is 1.55. The van der Waals surface area contributed by atoms with Crippen LogP contribution in [0.1, 0.15) is 11.8 Å². The van der Waals surface area contributed by atoms with Crippen LogP contribution in [0.2, 0.25) is 0 Å². The second kappa shape index (κ2) is 4.81. The van der Waals surface area contributed by atoms with Gasteiger partial charge in [0.2, 0.25) is 5.88 Å². The summed E-state index contributed by atoms with van der Waals surface area (Å²) in [6, 6.07) is 0. The van der Waals surface area contributed by atoms with Gasteiger partial charge in [0.15, 0.2) is 5.13 Å². The average molecular weight is 228 g/mol. The molecule has 5 heteroatoms. The lowest BCUT2D eigenvalue weighted by Gasteiger charge is -2.25. The summed E-state index contributed by atoms with van der Waals surface area (Å²) < 4.78 is 10.6. The zero-order chi connectivity index (χ0) is 10.7. The normalized spacial score (nSPS) is 16.8. The van der Waals surface area contributed by atoms with E-state index in [-0.39, 0.29) is 0 Å². The first-order valence-electron chi connectivity index (χ1n) is 5.21. The number of nitrogens with zero attached hydrogens (tertiary/aromatic N) is 2. The fourth-order valence-corrected chi connectivity index (χ4v) is 2.62. The average Bonchev–Trinajstić information content (AvgIpc) is 2.73. The molecule has 15 heavy (non-hydrogen) atoms. The lowest BCUT2D eigenvalue weighted by Crippen LogP contribution is -2.36. The van der Waals surface area contributed by atoms with Crippen LogP contribution in [-0.4, -0.2) is 38.4 Å². The molecule has 0 spiro atoms. The molecule has 0 saturated carbocycles. The second-order valence-corrected chi connectivity index (χ2v) is 4.44. The highest BCUT2D eigenvalue weighted by atomic mass is 32.1. The number of thiazole rings is 1. The summed E-state index contributed by atoms with van der Waals surface area (Å²) >= 11 is 1.72. The molecular formula is C10H16N2O2S. The smallest absolute Gasteiger partial charge is 0.229 e. The summed E-state index contributed by atoms with van der Waals surface area (Å²) in [7, 11) is 1.68. The number of rotatable bonds is 3. The zero-order valence-electron chi connectivity index (χ0n) is 9.15. The Kier molecular flexibility index (Phi) is 3.43. The number of hydrogen-bond donors (Lipinski definition) is 0. The fourth-order valence-electron chi connectivity index (χ4n) is 1.60. The van der Waals surface area contributed by atoms with Gasteiger partial charge in [-0.3, -0.25) is 0 Å². The summed E-state index contributed by atoms with van der Waals surface area (Å²) in [6.07, 6.45) is 0.977. The van der Waals surface area contributed by atoms with Gasteiger partial charge in [-0.15, -0.1) is 0 Å². The molecule has 1 aliphatic heterocycles. The van der Waals surface area contributed by atoms with Crippen molar-refractivity contribution in [2.75, 3.05) is 38.3 Å². The fraction of sp³-hybridized carbons (Fsp3) is 0.700. The number of morpholine rings is 1. The first-order chi connectivity index (χ1) is 7.35. The molecule has 0 amide bonds. The Morgan fingerprint density at radius 3 is 2.73 bits per heavy atom. The van der Waals surface area contributed by atoms with Gasteiger partial charge in [-0.1, -0.05) is 18.3 Å². The van der Waals surface area contributed by atoms with Crippen molar-refractivity contribution in [1.82, 2.24) is 4.98 Å². The number of aryl methyl sites for hydroxylation is 1. The molecule has 0 aromatic carbocycles. The van der Waals surface area contributed by atoms with E-state index in [9.17, 15) is 0 Å². The minimum Gasteiger partial charge on any atom is -0.480 e. The van der Waals surface area contributed by atoms with Gasteiger partial charge in [-0.25, -0.2) is 0 Å². The predicted molar refractivity (Wildman–Crippen MR) is 61.1 cm³/mol. The molecule has 2 heterocycles. The Morgan fingerprint density at radius 2 is 2.20 bits per heavy atom. The van der Waals surface area contributed by atoms with Crippen LogP contribution in [0.3, 0.4) is 0 Å². The molecule has 0 unspecified atom stereocenters. The number of anilines is 1. The van der Waals surface area contributed by atoms with Gasteiger partial charge in [0.25, 0.3) is 0 Å². The van der Waals surface area contributed by atoms with E-state index >= 15 is 0 Å². The van der Waals surface area contributed by atoms with E-state index in [4.69, 9.17) is 9.47 Å². The van der Waals surface area contributed by atoms with E-state index in [2.05, 4.69) is 16.8 Å². The van der Waals surface area contributed by atoms with Crippen LogP contribution >= 0.6 is 11.3 Å². The highest BCUT2D eigenvalue weighted by molar-refractivity contribution is 7.15. The molecular weight excluding hydrogens is 212 g/mol. The van der Waals surface area contributed by atoms with E-state index in [1.165, 1.54) is 4.88 Å². The maximum atomic E-state index is 5.31. The maximum Gasteiger partial charge on any atom is 0.229 e. The molecule has 0 atom stereocenters. The van der Waals surface area contributed by atoms with Gasteiger partial charge in [-0.2, -0.15) is 4.98 Å². The van der Waals surface area contributed by atoms with Crippen LogP contribution in [0.4, 0.5) is 5.13 Å². The van der Waals surface area contributed by atoms with Crippen LogP contribution < -0.4 is 9.64 Å². The minimum atomic E-state index is 0.781. The molecule has 0 radical (unpaired) electrons. The van der Waals surface area contributed by atoms with Crippen molar-refractivity contribution < 1.29 is 9.47 Å². The monoisotopic (exact) mass is 228 g/mol. The summed E-state index contributed by atoms with van der Waals surface area (Å²) in [4.78, 5) is 7.97. The van der Waals surface area contributed by atoms with E-state index in [0.717, 1.165) is 43.7 Å². The van der Waals surface area contributed by atoms with Crippen molar-refractivity contribution in [3.05, 3.63) is 4.88 Å². The molecule has 0 aliphatic carbocycles. The Hall–Kier alpha value is -0.810. The van der Waals surface area contributed by atoms with Gasteiger partial charge >= 0.3 is 0 Å². The largest absolute Gasteiger partial charge is 0.480 e. The standard InChI is InChI=1S/C10H16N2O2S/c1-3-8-9(13-2)11-10(15-8)12-4-6-14-7-5-12/h3-7H2,1-2H3. The molecule has 2 rings (SSSR count). The van der Waals surface area contributed by atoms with E-state index in [0.29, 0.717) is 0 Å². The SMILES string of the molecule is CCc1sc(N2CCOCC2)nc1OC. The van der Waals surface area contributed by atoms with Crippen molar-refractivity contribution in [1.29, 1.82) is 0 Å². The number of ether oxygens (including phenoxy) is 2. The van der Waals surface area contributed by atoms with Gasteiger partial charge < -0.3 is 14.4 Å². The zero-order valence-corrected chi connectivity index (χ0v) is 9.97. The molecule has 1 saturated heterocycles. The summed E-state index contributed by atoms with van der Waals surface area (Å²) in [6.45, 7) is 5.57. The molecule has 0 N–H and O–H groups in total. The van der Waals surface area contributed by atoms with Crippen molar-refractivity contribution >= 4 is 16.5 Å². The second-order valence-electron chi connectivity index (χ2n) is 3.38. The Labute approximate surface area is 93.8 Å². The van der Waals surface area contributed by atoms with Crippen molar-refractivity contribution in [2.24, 2.45) is 0 Å². The van der Waals surface area contributed by atoms with Crippen LogP contribution in [0.15, 0.2) is 0 Å². The maximum absolute atomic E-state index is 5.31. The lowest BCUT2D eigenvalue weighted by molar-refractivity contribution is 0.122. The highest BCUT2D eigenvalue weighted by Crippen LogP contribution is 2.31. The highest BCUT2D eigenvalue weighted by Gasteiger charge is 2.17. The number of hydrogen-bond acceptors (Lipinski definition) is 5. The topological polar surface area (TPSA) is 34.6 Å². The van der Waals surface area contributed by atoms with Crippen LogP contribution in [0.5, 0.6) is 5.88 Å². The first-order valence-corrected chi connectivity index (χ1v) is 6.03. The molecule has 1 aromatic rings. The van der Waals surface area contributed by atoms with E-state index < -0.39 is 0 Å². The third-order valence-corrected chi connectivity index (χ3v) is 3.69. The third-order valence-electron chi connectivity index (χ3n) is 2.45. The first kappa shape index (κ1) is 10.7. The molecule has 0 bridgehead atoms. The van der Waals surface area contributed by atoms with Crippen LogP contribution in [0, 0.1) is 0 Å². The number of methoxy groups -OCH3 is 1. The minimum absolute atomic E-state index is 0.781. The molecule has 4 nitrogen and oxygen atoms in total. The van der Waals surface area contributed by atoms with E-state index in [1.54, 1.807) is 18.4 Å². The van der Waals surface area contributed by atoms with Gasteiger partial charge in [0, 0.05) is 13.1 Å². The molecule has 1 fully saturated rings. The molecule has 84 valence electrons. The van der Waals surface area contributed by atoms with E-state index in [1.807, 2.05) is 0 Å². The third kappa shape index (κ3) is 2.23. The van der Waals surface area contributed by atoms with Crippen molar-refractivity contribution in [3.8, 4) is 5.88 Å². The van der Waals surface area contributed by atoms with Crippen LogP contribution in [0.25, 0.3) is 0 Å². The summed E-state index contributed by atoms with van der Waals surface area (Å²) in [5.74, 6) is 0.781. The Morgan fingerprint density at radius 1 is 1.47 bits per heavy atom. The Balaban J connectivity index is 2.16. The lowest BCUT2D eigenvalue weighted by atomic mass is 10.4. The molecule has 1 aliphatic rings. The van der Waals surface area contributed by atoms with Gasteiger partial charge in [-0.05, 0) is 6.42 Å².